The van der Waals surface area contributed by atoms with Crippen LogP contribution in [0.1, 0.15) is 38.1 Å². The van der Waals surface area contributed by atoms with Gasteiger partial charge >= 0.3 is 0 Å². The second-order valence-electron chi connectivity index (χ2n) is 4.97. The highest BCUT2D eigenvalue weighted by Crippen LogP contribution is 2.26. The number of aryl methyl sites for hydroxylation is 2. The zero-order valence-electron chi connectivity index (χ0n) is 11.5. The van der Waals surface area contributed by atoms with Gasteiger partial charge < -0.3 is 9.73 Å². The van der Waals surface area contributed by atoms with E-state index in [2.05, 4.69) is 35.3 Å². The number of hydrogen-bond acceptors (Lipinski definition) is 4. The van der Waals surface area contributed by atoms with Crippen molar-refractivity contribution >= 4 is 0 Å². The Kier molecular flexibility index (Phi) is 3.38. The Morgan fingerprint density at radius 2 is 2.26 bits per heavy atom. The predicted octanol–water partition coefficient (Wildman–Crippen LogP) is 2.37. The summed E-state index contributed by atoms with van der Waals surface area (Å²) in [5.74, 6) is 0.849. The Labute approximate surface area is 113 Å². The number of aromatic nitrogens is 3. The van der Waals surface area contributed by atoms with Gasteiger partial charge in [0, 0.05) is 19.1 Å². The number of nitrogens with one attached hydrogen (secondary N) is 1. The van der Waals surface area contributed by atoms with Gasteiger partial charge in [0.25, 0.3) is 0 Å². The van der Waals surface area contributed by atoms with Crippen molar-refractivity contribution in [2.24, 2.45) is 0 Å². The second kappa shape index (κ2) is 5.17. The molecule has 1 fully saturated rings. The lowest BCUT2D eigenvalue weighted by atomic mass is 10.2. The van der Waals surface area contributed by atoms with E-state index in [1.54, 1.807) is 0 Å². The van der Waals surface area contributed by atoms with Gasteiger partial charge in [-0.2, -0.15) is 5.10 Å². The lowest BCUT2D eigenvalue weighted by Crippen LogP contribution is -2.16. The molecule has 3 rings (SSSR count). The Morgan fingerprint density at radius 3 is 2.95 bits per heavy atom. The third-order valence-electron chi connectivity index (χ3n) is 3.50. The summed E-state index contributed by atoms with van der Waals surface area (Å²) in [6.07, 6.45) is 5.02. The van der Waals surface area contributed by atoms with Gasteiger partial charge in [-0.3, -0.25) is 4.68 Å². The van der Waals surface area contributed by atoms with Crippen LogP contribution in [0.15, 0.2) is 16.9 Å². The van der Waals surface area contributed by atoms with Gasteiger partial charge in [-0.05, 0) is 32.3 Å². The summed E-state index contributed by atoms with van der Waals surface area (Å²) in [6.45, 7) is 5.81. The normalized spacial score (nSPS) is 15.1. The number of oxazole rings is 1. The largest absolute Gasteiger partial charge is 0.442 e. The van der Waals surface area contributed by atoms with Crippen molar-refractivity contribution in [3.63, 3.8) is 0 Å². The molecule has 19 heavy (non-hydrogen) atoms. The number of nitrogens with zero attached hydrogens (tertiary/aromatic N) is 3. The molecular formula is C14H20N4O. The summed E-state index contributed by atoms with van der Waals surface area (Å²) < 4.78 is 7.58. The fourth-order valence-electron chi connectivity index (χ4n) is 2.20. The molecule has 0 aromatic carbocycles. The van der Waals surface area contributed by atoms with E-state index in [-0.39, 0.29) is 0 Å². The van der Waals surface area contributed by atoms with Gasteiger partial charge in [0.2, 0.25) is 0 Å². The van der Waals surface area contributed by atoms with Crippen LogP contribution in [0.25, 0.3) is 11.5 Å². The molecule has 2 heterocycles. The van der Waals surface area contributed by atoms with Crippen LogP contribution in [0.2, 0.25) is 0 Å². The van der Waals surface area contributed by atoms with E-state index in [4.69, 9.17) is 4.42 Å². The first-order valence-electron chi connectivity index (χ1n) is 7.04. The van der Waals surface area contributed by atoms with E-state index in [0.29, 0.717) is 6.04 Å². The zero-order valence-corrected chi connectivity index (χ0v) is 11.5. The average Bonchev–Trinajstić information content (AvgIpc) is 3.00. The summed E-state index contributed by atoms with van der Waals surface area (Å²) in [5.41, 5.74) is 3.10. The van der Waals surface area contributed by atoms with E-state index in [1.807, 2.05) is 4.68 Å². The molecule has 1 saturated carbocycles. The minimum Gasteiger partial charge on any atom is -0.442 e. The van der Waals surface area contributed by atoms with Gasteiger partial charge in [-0.1, -0.05) is 6.92 Å². The minimum atomic E-state index is 0.673. The third-order valence-corrected chi connectivity index (χ3v) is 3.50. The highest BCUT2D eigenvalue weighted by molar-refractivity contribution is 5.56. The molecule has 2 aromatic rings. The molecular weight excluding hydrogens is 240 g/mol. The average molecular weight is 260 g/mol. The summed E-state index contributed by atoms with van der Waals surface area (Å²) >= 11 is 0. The van der Waals surface area contributed by atoms with Gasteiger partial charge in [0.15, 0.2) is 12.2 Å². The van der Waals surface area contributed by atoms with Crippen LogP contribution < -0.4 is 5.32 Å². The molecule has 1 aliphatic carbocycles. The zero-order chi connectivity index (χ0) is 13.2. The SMILES string of the molecule is CCc1cc(-c2ocnc2CNC2CC2)n(CC)n1. The van der Waals surface area contributed by atoms with Crippen molar-refractivity contribution in [1.29, 1.82) is 0 Å². The molecule has 0 amide bonds. The van der Waals surface area contributed by atoms with Crippen LogP contribution in [-0.4, -0.2) is 20.8 Å². The van der Waals surface area contributed by atoms with Crippen LogP contribution in [0.5, 0.6) is 0 Å². The molecule has 0 radical (unpaired) electrons. The predicted molar refractivity (Wildman–Crippen MR) is 72.6 cm³/mol. The Bertz CT molecular complexity index is 554. The van der Waals surface area contributed by atoms with Crippen LogP contribution in [0.4, 0.5) is 0 Å². The van der Waals surface area contributed by atoms with Crippen LogP contribution >= 0.6 is 0 Å². The van der Waals surface area contributed by atoms with Crippen molar-refractivity contribution < 1.29 is 4.42 Å². The van der Waals surface area contributed by atoms with Crippen LogP contribution in [-0.2, 0) is 19.5 Å². The summed E-state index contributed by atoms with van der Waals surface area (Å²) in [5, 5.41) is 8.04. The Balaban J connectivity index is 1.87. The van der Waals surface area contributed by atoms with Crippen LogP contribution in [0, 0.1) is 0 Å². The van der Waals surface area contributed by atoms with Crippen molar-refractivity contribution in [1.82, 2.24) is 20.1 Å². The lowest BCUT2D eigenvalue weighted by molar-refractivity contribution is 0.554. The molecule has 0 aliphatic heterocycles. The Hall–Kier alpha value is -1.62. The monoisotopic (exact) mass is 260 g/mol. The highest BCUT2D eigenvalue weighted by atomic mass is 16.3. The molecule has 0 unspecified atom stereocenters. The van der Waals surface area contributed by atoms with Gasteiger partial charge in [-0.25, -0.2) is 4.98 Å². The molecule has 0 saturated heterocycles. The summed E-state index contributed by atoms with van der Waals surface area (Å²) in [7, 11) is 0. The van der Waals surface area contributed by atoms with Crippen molar-refractivity contribution in [3.8, 4) is 11.5 Å². The van der Waals surface area contributed by atoms with Crippen LogP contribution in [0.3, 0.4) is 0 Å². The molecule has 1 aliphatic rings. The third kappa shape index (κ3) is 2.56. The fourth-order valence-corrected chi connectivity index (χ4v) is 2.20. The summed E-state index contributed by atoms with van der Waals surface area (Å²) in [6, 6.07) is 2.77. The molecule has 0 atom stereocenters. The molecule has 5 nitrogen and oxygen atoms in total. The van der Waals surface area contributed by atoms with E-state index in [1.165, 1.54) is 19.2 Å². The maximum absolute atomic E-state index is 5.59. The number of hydrogen-bond donors (Lipinski definition) is 1. The molecule has 0 bridgehead atoms. The second-order valence-corrected chi connectivity index (χ2v) is 4.97. The first-order chi connectivity index (χ1) is 9.31. The molecule has 102 valence electrons. The fraction of sp³-hybridized carbons (Fsp3) is 0.571. The van der Waals surface area contributed by atoms with Crippen molar-refractivity contribution in [2.75, 3.05) is 0 Å². The van der Waals surface area contributed by atoms with E-state index < -0.39 is 0 Å². The molecule has 2 aromatic heterocycles. The smallest absolute Gasteiger partial charge is 0.181 e. The lowest BCUT2D eigenvalue weighted by Gasteiger charge is -2.04. The quantitative estimate of drug-likeness (QED) is 0.866. The maximum Gasteiger partial charge on any atom is 0.181 e. The van der Waals surface area contributed by atoms with E-state index in [9.17, 15) is 0 Å². The number of rotatable bonds is 6. The molecule has 5 heteroatoms. The van der Waals surface area contributed by atoms with E-state index >= 15 is 0 Å². The first-order valence-corrected chi connectivity index (χ1v) is 7.04. The van der Waals surface area contributed by atoms with Crippen molar-refractivity contribution in [2.45, 2.75) is 52.2 Å². The van der Waals surface area contributed by atoms with Gasteiger partial charge in [-0.15, -0.1) is 0 Å². The maximum atomic E-state index is 5.59. The standard InChI is InChI=1S/C14H20N4O/c1-3-10-7-13(18(4-2)17-10)14-12(16-9-19-14)8-15-11-5-6-11/h7,9,11,15H,3-6,8H2,1-2H3. The topological polar surface area (TPSA) is 55.9 Å². The first kappa shape index (κ1) is 12.4. The van der Waals surface area contributed by atoms with E-state index in [0.717, 1.165) is 42.4 Å². The highest BCUT2D eigenvalue weighted by Gasteiger charge is 2.22. The Morgan fingerprint density at radius 1 is 1.42 bits per heavy atom. The van der Waals surface area contributed by atoms with Gasteiger partial charge in [0.1, 0.15) is 11.4 Å². The minimum absolute atomic E-state index is 0.673. The molecule has 0 spiro atoms. The summed E-state index contributed by atoms with van der Waals surface area (Å²) in [4.78, 5) is 4.33. The van der Waals surface area contributed by atoms with Crippen molar-refractivity contribution in [3.05, 3.63) is 23.8 Å². The van der Waals surface area contributed by atoms with Gasteiger partial charge in [0.05, 0.1) is 5.69 Å². The molecule has 1 N–H and O–H groups in total.